The highest BCUT2D eigenvalue weighted by Crippen LogP contribution is 2.65. The summed E-state index contributed by atoms with van der Waals surface area (Å²) >= 11 is 0. The molecular formula is C22H29NO11P+. The van der Waals surface area contributed by atoms with Gasteiger partial charge in [-0.1, -0.05) is 5.92 Å². The maximum atomic E-state index is 12.4. The lowest BCUT2D eigenvalue weighted by molar-refractivity contribution is -0.158. The van der Waals surface area contributed by atoms with Crippen molar-refractivity contribution in [3.8, 4) is 12.3 Å². The Morgan fingerprint density at radius 1 is 1.37 bits per heavy atom. The van der Waals surface area contributed by atoms with Gasteiger partial charge in [0.05, 0.1) is 18.9 Å². The molecule has 0 aliphatic carbocycles. The minimum Gasteiger partial charge on any atom is -0.463 e. The van der Waals surface area contributed by atoms with Crippen LogP contribution in [0.5, 0.6) is 0 Å². The van der Waals surface area contributed by atoms with E-state index in [9.17, 15) is 24.1 Å². The van der Waals surface area contributed by atoms with Gasteiger partial charge in [-0.05, 0) is 26.8 Å². The predicted molar refractivity (Wildman–Crippen MR) is 119 cm³/mol. The number of fused-ring (bicyclic) bond motifs is 1. The minimum atomic E-state index is -3.98. The Morgan fingerprint density at radius 3 is 2.69 bits per heavy atom. The van der Waals surface area contributed by atoms with Crippen LogP contribution in [0.25, 0.3) is 0 Å². The van der Waals surface area contributed by atoms with Gasteiger partial charge in [-0.2, -0.15) is 9.42 Å². The smallest absolute Gasteiger partial charge is 0.463 e. The van der Waals surface area contributed by atoms with E-state index in [1.807, 2.05) is 0 Å². The summed E-state index contributed by atoms with van der Waals surface area (Å²) in [6, 6.07) is 0. The van der Waals surface area contributed by atoms with Crippen LogP contribution in [0, 0.1) is 17.8 Å². The molecule has 6 atom stereocenters. The first-order chi connectivity index (χ1) is 16.4. The van der Waals surface area contributed by atoms with Crippen molar-refractivity contribution in [1.82, 2.24) is 4.90 Å². The highest BCUT2D eigenvalue weighted by molar-refractivity contribution is 7.55. The normalized spacial score (nSPS) is 33.3. The van der Waals surface area contributed by atoms with E-state index in [-0.39, 0.29) is 31.3 Å². The second kappa shape index (κ2) is 10.7. The number of esters is 2. The topological polar surface area (TPSA) is 147 Å². The Hall–Kier alpha value is -2.39. The van der Waals surface area contributed by atoms with Crippen LogP contribution in [0.3, 0.4) is 0 Å². The lowest BCUT2D eigenvalue weighted by Crippen LogP contribution is -2.50. The third-order valence-electron chi connectivity index (χ3n) is 5.51. The van der Waals surface area contributed by atoms with Crippen molar-refractivity contribution in [3.63, 3.8) is 0 Å². The van der Waals surface area contributed by atoms with E-state index in [1.54, 1.807) is 20.8 Å². The molecule has 12 nitrogen and oxygen atoms in total. The maximum Gasteiger partial charge on any atom is 0.573 e. The molecule has 0 saturated carbocycles. The molecule has 0 radical (unpaired) electrons. The van der Waals surface area contributed by atoms with Gasteiger partial charge >= 0.3 is 20.1 Å². The van der Waals surface area contributed by atoms with Crippen LogP contribution >= 0.6 is 8.17 Å². The van der Waals surface area contributed by atoms with Gasteiger partial charge in [0.1, 0.15) is 30.8 Å². The summed E-state index contributed by atoms with van der Waals surface area (Å²) in [4.78, 5) is 59.6. The van der Waals surface area contributed by atoms with Gasteiger partial charge in [0, 0.05) is 13.1 Å². The van der Waals surface area contributed by atoms with E-state index in [4.69, 9.17) is 34.2 Å². The van der Waals surface area contributed by atoms with E-state index < -0.39 is 62.6 Å². The summed E-state index contributed by atoms with van der Waals surface area (Å²) in [6.07, 6.45) is 3.67. The monoisotopic (exact) mass is 514 g/mol. The number of nitrogens with zero attached hydrogens (tertiary/aromatic N) is 1. The van der Waals surface area contributed by atoms with Crippen molar-refractivity contribution < 1.29 is 51.9 Å². The summed E-state index contributed by atoms with van der Waals surface area (Å²) in [5, 5.41) is 0. The molecule has 0 aromatic heterocycles. The number of amides is 1. The second-order valence-electron chi connectivity index (χ2n) is 8.77. The quantitative estimate of drug-likeness (QED) is 0.214. The number of carbonyl (C=O) groups excluding carboxylic acids is 4. The van der Waals surface area contributed by atoms with Gasteiger partial charge in [0.25, 0.3) is 0 Å². The van der Waals surface area contributed by atoms with E-state index in [1.165, 1.54) is 24.1 Å². The Labute approximate surface area is 203 Å². The van der Waals surface area contributed by atoms with Crippen molar-refractivity contribution in [2.75, 3.05) is 13.2 Å². The summed E-state index contributed by atoms with van der Waals surface area (Å²) in [5.41, 5.74) is -1.23. The standard InChI is InChI=1S/C22H29NO11P/c1-6-22(5)20-17(33-21(22)23-8-7-15(25)9-18(23)26)12-30-35(28,34-20)29-11-16(32-14(4)24)10-19(27)31-13(2)3/h1,7-8,13,16-17,20-21,28H,9-12H2,2-5H3/q+1/t16-,17+,20+,21+,22+,35?/m0/s1. The van der Waals surface area contributed by atoms with Crippen molar-refractivity contribution in [3.05, 3.63) is 12.3 Å². The Morgan fingerprint density at radius 2 is 2.09 bits per heavy atom. The Balaban J connectivity index is 1.71. The summed E-state index contributed by atoms with van der Waals surface area (Å²) < 4.78 is 32.8. The molecule has 3 rings (SSSR count). The fraction of sp³-hybridized carbons (Fsp3) is 0.636. The molecule has 0 aromatic rings. The molecule has 2 saturated heterocycles. The van der Waals surface area contributed by atoms with Gasteiger partial charge in [-0.25, -0.2) is 0 Å². The van der Waals surface area contributed by atoms with Gasteiger partial charge in [0.2, 0.25) is 5.91 Å². The van der Waals surface area contributed by atoms with Gasteiger partial charge < -0.3 is 14.2 Å². The molecule has 13 heteroatoms. The second-order valence-corrected chi connectivity index (χ2v) is 10.4. The molecule has 1 unspecified atom stereocenters. The number of hydrogen-bond donors (Lipinski definition) is 1. The molecule has 1 N–H and O–H groups in total. The molecule has 3 aliphatic heterocycles. The third-order valence-corrected chi connectivity index (χ3v) is 6.95. The van der Waals surface area contributed by atoms with Gasteiger partial charge in [-0.3, -0.25) is 24.1 Å². The van der Waals surface area contributed by atoms with Gasteiger partial charge in [-0.15, -0.1) is 15.5 Å². The van der Waals surface area contributed by atoms with Crippen molar-refractivity contribution in [2.45, 2.75) is 71.2 Å². The SMILES string of the molecule is C#C[C@]1(C)[C@@H]2O[P+](O)(OC[C@H](CC(=O)OC(C)C)OC(C)=O)OC[C@H]2O[C@H]1N1C=CC(=O)CC1=O. The Bertz CT molecular complexity index is 946. The first-order valence-electron chi connectivity index (χ1n) is 11.0. The molecule has 1 amide bonds. The first kappa shape index (κ1) is 27.2. The lowest BCUT2D eigenvalue weighted by Gasteiger charge is -2.36. The maximum absolute atomic E-state index is 12.4. The lowest BCUT2D eigenvalue weighted by atomic mass is 9.82. The summed E-state index contributed by atoms with van der Waals surface area (Å²) in [6.45, 7) is 5.56. The van der Waals surface area contributed by atoms with Crippen LogP contribution in [0.2, 0.25) is 0 Å². The summed E-state index contributed by atoms with van der Waals surface area (Å²) in [7, 11) is -3.98. The number of terminal acetylenes is 1. The third kappa shape index (κ3) is 6.25. The zero-order valence-corrected chi connectivity index (χ0v) is 20.8. The predicted octanol–water partition coefficient (Wildman–Crippen LogP) is 1.04. The highest BCUT2D eigenvalue weighted by atomic mass is 31.2. The number of allylic oxidation sites excluding steroid dienone is 1. The molecule has 0 aromatic carbocycles. The number of carbonyl (C=O) groups is 4. The summed E-state index contributed by atoms with van der Waals surface area (Å²) in [5.74, 6) is 0.503. The molecule has 0 bridgehead atoms. The van der Waals surface area contributed by atoms with E-state index in [2.05, 4.69) is 5.92 Å². The van der Waals surface area contributed by atoms with Crippen molar-refractivity contribution >= 4 is 31.8 Å². The zero-order valence-electron chi connectivity index (χ0n) is 19.9. The number of rotatable bonds is 8. The van der Waals surface area contributed by atoms with Crippen LogP contribution in [0.1, 0.15) is 40.5 Å². The van der Waals surface area contributed by atoms with Crippen molar-refractivity contribution in [2.24, 2.45) is 5.41 Å². The molecule has 35 heavy (non-hydrogen) atoms. The molecule has 3 heterocycles. The van der Waals surface area contributed by atoms with Crippen LogP contribution in [-0.4, -0.2) is 77.3 Å². The fourth-order valence-corrected chi connectivity index (χ4v) is 5.45. The molecule has 192 valence electrons. The molecule has 0 spiro atoms. The van der Waals surface area contributed by atoms with E-state index >= 15 is 0 Å². The van der Waals surface area contributed by atoms with E-state index in [0.717, 1.165) is 0 Å². The van der Waals surface area contributed by atoms with Crippen molar-refractivity contribution in [1.29, 1.82) is 0 Å². The highest BCUT2D eigenvalue weighted by Gasteiger charge is 2.67. The first-order valence-corrected chi connectivity index (χ1v) is 12.5. The molecule has 2 fully saturated rings. The minimum absolute atomic E-state index is 0.166. The molecule has 3 aliphatic rings. The number of ketones is 1. The Kier molecular flexibility index (Phi) is 8.32. The largest absolute Gasteiger partial charge is 0.573 e. The number of hydrogen-bond acceptors (Lipinski definition) is 11. The fourth-order valence-electron chi connectivity index (χ4n) is 3.92. The van der Waals surface area contributed by atoms with E-state index in [0.29, 0.717) is 0 Å². The van der Waals surface area contributed by atoms with Gasteiger partial charge in [0.15, 0.2) is 18.1 Å². The average molecular weight is 514 g/mol. The number of ether oxygens (including phenoxy) is 3. The zero-order chi connectivity index (χ0) is 26.0. The molecular weight excluding hydrogens is 485 g/mol. The van der Waals surface area contributed by atoms with Crippen LogP contribution in [-0.2, 0) is 47.0 Å². The van der Waals surface area contributed by atoms with Crippen LogP contribution in [0.4, 0.5) is 0 Å². The average Bonchev–Trinajstić information content (AvgIpc) is 3.03. The van der Waals surface area contributed by atoms with Crippen LogP contribution < -0.4 is 0 Å². The van der Waals surface area contributed by atoms with Crippen LogP contribution in [0.15, 0.2) is 12.3 Å².